The zero-order chi connectivity index (χ0) is 18.5. The standard InChI is InChI=1S/C19H23N3O4/c1-12(2)16-10-15(17-13(3)22-26-19(17)21-16)18(23)20-7-5-8-24-11-14-6-4-9-25-14/h4,6,9-10,12H,5,7-8,11H2,1-3H3,(H,20,23). The van der Waals surface area contributed by atoms with Crippen molar-refractivity contribution < 1.29 is 18.5 Å². The van der Waals surface area contributed by atoms with Gasteiger partial charge in [0.1, 0.15) is 12.4 Å². The number of rotatable bonds is 8. The van der Waals surface area contributed by atoms with E-state index < -0.39 is 0 Å². The van der Waals surface area contributed by atoms with Crippen molar-refractivity contribution >= 4 is 17.0 Å². The van der Waals surface area contributed by atoms with Crippen LogP contribution < -0.4 is 5.32 Å². The first-order valence-electron chi connectivity index (χ1n) is 8.71. The van der Waals surface area contributed by atoms with E-state index in [-0.39, 0.29) is 11.8 Å². The van der Waals surface area contributed by atoms with Gasteiger partial charge in [-0.15, -0.1) is 0 Å². The number of amides is 1. The van der Waals surface area contributed by atoms with Gasteiger partial charge in [-0.25, -0.2) is 4.98 Å². The van der Waals surface area contributed by atoms with E-state index in [2.05, 4.69) is 15.5 Å². The van der Waals surface area contributed by atoms with Gasteiger partial charge < -0.3 is 19.0 Å². The summed E-state index contributed by atoms with van der Waals surface area (Å²) in [6.07, 6.45) is 2.33. The summed E-state index contributed by atoms with van der Waals surface area (Å²) in [4.78, 5) is 17.1. The topological polar surface area (TPSA) is 90.4 Å². The molecule has 3 aromatic heterocycles. The number of hydrogen-bond acceptors (Lipinski definition) is 6. The van der Waals surface area contributed by atoms with Crippen molar-refractivity contribution in [2.75, 3.05) is 13.2 Å². The smallest absolute Gasteiger partial charge is 0.259 e. The minimum Gasteiger partial charge on any atom is -0.467 e. The number of aromatic nitrogens is 2. The van der Waals surface area contributed by atoms with E-state index in [4.69, 9.17) is 13.7 Å². The van der Waals surface area contributed by atoms with Crippen molar-refractivity contribution in [1.82, 2.24) is 15.5 Å². The van der Waals surface area contributed by atoms with Crippen molar-refractivity contribution in [1.29, 1.82) is 0 Å². The van der Waals surface area contributed by atoms with Gasteiger partial charge in [-0.2, -0.15) is 0 Å². The molecule has 7 nitrogen and oxygen atoms in total. The van der Waals surface area contributed by atoms with E-state index in [0.29, 0.717) is 48.5 Å². The predicted molar refractivity (Wildman–Crippen MR) is 95.9 cm³/mol. The Morgan fingerprint density at radius 1 is 1.38 bits per heavy atom. The molecule has 0 aromatic carbocycles. The number of nitrogens with one attached hydrogen (secondary N) is 1. The number of furan rings is 1. The highest BCUT2D eigenvalue weighted by Crippen LogP contribution is 2.25. The zero-order valence-corrected chi connectivity index (χ0v) is 15.2. The highest BCUT2D eigenvalue weighted by atomic mass is 16.5. The molecule has 3 heterocycles. The quantitative estimate of drug-likeness (QED) is 0.620. The maximum Gasteiger partial charge on any atom is 0.259 e. The lowest BCUT2D eigenvalue weighted by atomic mass is 10.0. The van der Waals surface area contributed by atoms with Gasteiger partial charge in [-0.05, 0) is 37.5 Å². The molecule has 26 heavy (non-hydrogen) atoms. The van der Waals surface area contributed by atoms with Crippen LogP contribution in [0, 0.1) is 6.92 Å². The second-order valence-corrected chi connectivity index (χ2v) is 6.44. The van der Waals surface area contributed by atoms with Crippen LogP contribution in [0.1, 0.15) is 53.7 Å². The zero-order valence-electron chi connectivity index (χ0n) is 15.2. The van der Waals surface area contributed by atoms with E-state index in [9.17, 15) is 4.79 Å². The van der Waals surface area contributed by atoms with Crippen LogP contribution in [0.3, 0.4) is 0 Å². The molecule has 0 atom stereocenters. The molecule has 1 N–H and O–H groups in total. The fourth-order valence-corrected chi connectivity index (χ4v) is 2.63. The molecule has 0 unspecified atom stereocenters. The van der Waals surface area contributed by atoms with Crippen LogP contribution in [-0.4, -0.2) is 29.2 Å². The maximum atomic E-state index is 12.6. The summed E-state index contributed by atoms with van der Waals surface area (Å²) in [6, 6.07) is 5.51. The number of carbonyl (C=O) groups is 1. The van der Waals surface area contributed by atoms with Gasteiger partial charge in [-0.1, -0.05) is 19.0 Å². The Kier molecular flexibility index (Phi) is 5.68. The van der Waals surface area contributed by atoms with Crippen LogP contribution in [0.4, 0.5) is 0 Å². The van der Waals surface area contributed by atoms with Gasteiger partial charge in [0.05, 0.1) is 22.9 Å². The Morgan fingerprint density at radius 3 is 2.96 bits per heavy atom. The van der Waals surface area contributed by atoms with Gasteiger partial charge >= 0.3 is 0 Å². The number of hydrogen-bond donors (Lipinski definition) is 1. The average Bonchev–Trinajstić information content (AvgIpc) is 3.27. The first kappa shape index (κ1) is 18.1. The molecule has 0 spiro atoms. The van der Waals surface area contributed by atoms with E-state index in [0.717, 1.165) is 11.5 Å². The fraction of sp³-hybridized carbons (Fsp3) is 0.421. The van der Waals surface area contributed by atoms with Crippen molar-refractivity contribution in [3.8, 4) is 0 Å². The highest BCUT2D eigenvalue weighted by Gasteiger charge is 2.19. The maximum absolute atomic E-state index is 12.6. The van der Waals surface area contributed by atoms with Gasteiger partial charge in [0.25, 0.3) is 11.6 Å². The molecular formula is C19H23N3O4. The highest BCUT2D eigenvalue weighted by molar-refractivity contribution is 6.06. The molecule has 0 aliphatic heterocycles. The van der Waals surface area contributed by atoms with Crippen molar-refractivity contribution in [3.63, 3.8) is 0 Å². The van der Waals surface area contributed by atoms with E-state index in [1.807, 2.05) is 39.0 Å². The molecule has 0 aliphatic rings. The monoisotopic (exact) mass is 357 g/mol. The lowest BCUT2D eigenvalue weighted by Gasteiger charge is -2.09. The summed E-state index contributed by atoms with van der Waals surface area (Å²) in [5.74, 6) is 0.820. The summed E-state index contributed by atoms with van der Waals surface area (Å²) in [5.41, 5.74) is 2.42. The molecule has 0 radical (unpaired) electrons. The van der Waals surface area contributed by atoms with Crippen LogP contribution >= 0.6 is 0 Å². The first-order chi connectivity index (χ1) is 12.6. The molecular weight excluding hydrogens is 334 g/mol. The molecule has 0 saturated carbocycles. The predicted octanol–water partition coefficient (Wildman–Crippen LogP) is 3.58. The summed E-state index contributed by atoms with van der Waals surface area (Å²) in [7, 11) is 0. The van der Waals surface area contributed by atoms with Crippen LogP contribution in [-0.2, 0) is 11.3 Å². The lowest BCUT2D eigenvalue weighted by Crippen LogP contribution is -2.26. The normalized spacial score (nSPS) is 11.4. The lowest BCUT2D eigenvalue weighted by molar-refractivity contribution is 0.0918. The van der Waals surface area contributed by atoms with Crippen molar-refractivity contribution in [2.24, 2.45) is 0 Å². The minimum atomic E-state index is -0.156. The molecule has 0 aliphatic carbocycles. The van der Waals surface area contributed by atoms with Gasteiger partial charge in [0.15, 0.2) is 0 Å². The number of carbonyl (C=O) groups excluding carboxylic acids is 1. The van der Waals surface area contributed by atoms with Crippen LogP contribution in [0.5, 0.6) is 0 Å². The Bertz CT molecular complexity index is 868. The van der Waals surface area contributed by atoms with Crippen molar-refractivity contribution in [2.45, 2.75) is 39.7 Å². The third kappa shape index (κ3) is 4.11. The summed E-state index contributed by atoms with van der Waals surface area (Å²) < 4.78 is 16.0. The van der Waals surface area contributed by atoms with E-state index >= 15 is 0 Å². The molecule has 138 valence electrons. The Labute approximate surface area is 151 Å². The second kappa shape index (κ2) is 8.14. The Morgan fingerprint density at radius 2 is 2.23 bits per heavy atom. The number of pyridine rings is 1. The van der Waals surface area contributed by atoms with Gasteiger partial charge in [-0.3, -0.25) is 4.79 Å². The largest absolute Gasteiger partial charge is 0.467 e. The van der Waals surface area contributed by atoms with E-state index in [1.54, 1.807) is 6.26 Å². The second-order valence-electron chi connectivity index (χ2n) is 6.44. The minimum absolute atomic E-state index is 0.156. The molecule has 1 amide bonds. The summed E-state index contributed by atoms with van der Waals surface area (Å²) >= 11 is 0. The third-order valence-electron chi connectivity index (χ3n) is 4.05. The SMILES string of the molecule is Cc1noc2nc(C(C)C)cc(C(=O)NCCCOCc3ccco3)c12. The Hall–Kier alpha value is -2.67. The molecule has 0 saturated heterocycles. The number of fused-ring (bicyclic) bond motifs is 1. The number of ether oxygens (including phenoxy) is 1. The summed E-state index contributed by atoms with van der Waals surface area (Å²) in [6.45, 7) is 7.34. The average molecular weight is 357 g/mol. The van der Waals surface area contributed by atoms with Gasteiger partial charge in [0, 0.05) is 18.8 Å². The van der Waals surface area contributed by atoms with Crippen LogP contribution in [0.15, 0.2) is 33.4 Å². The number of nitrogens with zero attached hydrogens (tertiary/aromatic N) is 2. The van der Waals surface area contributed by atoms with Crippen LogP contribution in [0.2, 0.25) is 0 Å². The molecule has 7 heteroatoms. The number of aryl methyl sites for hydroxylation is 1. The van der Waals surface area contributed by atoms with Crippen LogP contribution in [0.25, 0.3) is 11.1 Å². The molecule has 3 rings (SSSR count). The molecule has 3 aromatic rings. The summed E-state index contributed by atoms with van der Waals surface area (Å²) in [5, 5.41) is 7.53. The molecule has 0 bridgehead atoms. The van der Waals surface area contributed by atoms with Gasteiger partial charge in [0.2, 0.25) is 0 Å². The molecule has 0 fully saturated rings. The first-order valence-corrected chi connectivity index (χ1v) is 8.71. The fourth-order valence-electron chi connectivity index (χ4n) is 2.63. The third-order valence-corrected chi connectivity index (χ3v) is 4.05. The van der Waals surface area contributed by atoms with E-state index in [1.165, 1.54) is 0 Å². The van der Waals surface area contributed by atoms with Crippen molar-refractivity contribution in [3.05, 3.63) is 47.2 Å². The Balaban J connectivity index is 1.58.